The standard InChI is InChI=1S/C47H92O2/c1-3-5-7-9-11-13-15-17-19-20-21-22-23-24-25-26-27-28-29-30-32-34-36-38-40-42-44-46-49-47(48)45-43-41-39-37-35-33-31-18-16-14-12-10-8-6-4-2/h14,16H,3-13,15,17-46H2,1-2H3. The van der Waals surface area contributed by atoms with Crippen LogP contribution in [0, 0.1) is 0 Å². The summed E-state index contributed by atoms with van der Waals surface area (Å²) >= 11 is 0. The quantitative estimate of drug-likeness (QED) is 0.0362. The van der Waals surface area contributed by atoms with Crippen molar-refractivity contribution < 1.29 is 9.53 Å². The number of carbonyl (C=O) groups is 1. The Hall–Kier alpha value is -0.790. The molecule has 0 aliphatic heterocycles. The number of carbonyl (C=O) groups excluding carboxylic acids is 1. The fraction of sp³-hybridized carbons (Fsp3) is 0.936. The van der Waals surface area contributed by atoms with Gasteiger partial charge in [-0.25, -0.2) is 0 Å². The van der Waals surface area contributed by atoms with Gasteiger partial charge in [0.25, 0.3) is 0 Å². The van der Waals surface area contributed by atoms with E-state index in [1.165, 1.54) is 244 Å². The van der Waals surface area contributed by atoms with E-state index < -0.39 is 0 Å². The van der Waals surface area contributed by atoms with Crippen molar-refractivity contribution in [3.05, 3.63) is 12.2 Å². The van der Waals surface area contributed by atoms with Crippen LogP contribution in [-0.2, 0) is 9.53 Å². The molecule has 0 radical (unpaired) electrons. The molecule has 0 saturated heterocycles. The fourth-order valence-corrected chi connectivity index (χ4v) is 7.19. The highest BCUT2D eigenvalue weighted by molar-refractivity contribution is 5.69. The largest absolute Gasteiger partial charge is 0.466 e. The first-order valence-electron chi connectivity index (χ1n) is 23.1. The highest BCUT2D eigenvalue weighted by Crippen LogP contribution is 2.17. The van der Waals surface area contributed by atoms with Gasteiger partial charge >= 0.3 is 5.97 Å². The second kappa shape index (κ2) is 45.2. The maximum absolute atomic E-state index is 12.0. The summed E-state index contributed by atoms with van der Waals surface area (Å²) in [7, 11) is 0. The average molecular weight is 689 g/mol. The van der Waals surface area contributed by atoms with E-state index in [1.54, 1.807) is 0 Å². The van der Waals surface area contributed by atoms with Gasteiger partial charge in [0.15, 0.2) is 0 Å². The zero-order chi connectivity index (χ0) is 35.4. The molecular formula is C47H92O2. The highest BCUT2D eigenvalue weighted by Gasteiger charge is 2.03. The van der Waals surface area contributed by atoms with E-state index in [1.807, 2.05) is 0 Å². The van der Waals surface area contributed by atoms with Crippen molar-refractivity contribution in [3.63, 3.8) is 0 Å². The van der Waals surface area contributed by atoms with Crippen LogP contribution in [0.25, 0.3) is 0 Å². The lowest BCUT2D eigenvalue weighted by Crippen LogP contribution is -2.05. The molecule has 0 rings (SSSR count). The molecule has 0 aliphatic carbocycles. The highest BCUT2D eigenvalue weighted by atomic mass is 16.5. The number of unbranched alkanes of at least 4 members (excludes halogenated alkanes) is 37. The van der Waals surface area contributed by atoms with Crippen molar-refractivity contribution in [2.45, 2.75) is 277 Å². The van der Waals surface area contributed by atoms with Gasteiger partial charge in [0.2, 0.25) is 0 Å². The predicted molar refractivity (Wildman–Crippen MR) is 221 cm³/mol. The minimum atomic E-state index is 0.0243. The molecule has 0 aromatic heterocycles. The van der Waals surface area contributed by atoms with Crippen LogP contribution in [0.2, 0.25) is 0 Å². The van der Waals surface area contributed by atoms with Crippen molar-refractivity contribution >= 4 is 5.97 Å². The Balaban J connectivity index is 3.15. The molecule has 0 spiro atoms. The molecule has 0 aromatic rings. The topological polar surface area (TPSA) is 26.3 Å². The molecule has 0 N–H and O–H groups in total. The molecule has 292 valence electrons. The third-order valence-corrected chi connectivity index (χ3v) is 10.7. The van der Waals surface area contributed by atoms with Gasteiger partial charge in [-0.05, 0) is 38.5 Å². The van der Waals surface area contributed by atoms with Crippen molar-refractivity contribution in [3.8, 4) is 0 Å². The Labute approximate surface area is 310 Å². The van der Waals surface area contributed by atoms with Crippen LogP contribution in [0.5, 0.6) is 0 Å². The van der Waals surface area contributed by atoms with E-state index >= 15 is 0 Å². The molecule has 0 unspecified atom stereocenters. The summed E-state index contributed by atoms with van der Waals surface area (Å²) in [5, 5.41) is 0. The van der Waals surface area contributed by atoms with Crippen molar-refractivity contribution in [1.29, 1.82) is 0 Å². The van der Waals surface area contributed by atoms with Gasteiger partial charge in [0, 0.05) is 6.42 Å². The number of hydrogen-bond acceptors (Lipinski definition) is 2. The zero-order valence-electron chi connectivity index (χ0n) is 34.2. The number of allylic oxidation sites excluding steroid dienone is 2. The van der Waals surface area contributed by atoms with Crippen LogP contribution < -0.4 is 0 Å². The van der Waals surface area contributed by atoms with Crippen molar-refractivity contribution in [2.24, 2.45) is 0 Å². The van der Waals surface area contributed by atoms with Crippen molar-refractivity contribution in [2.75, 3.05) is 6.61 Å². The molecule has 2 nitrogen and oxygen atoms in total. The maximum atomic E-state index is 12.0. The van der Waals surface area contributed by atoms with Gasteiger partial charge in [-0.15, -0.1) is 0 Å². The van der Waals surface area contributed by atoms with Crippen LogP contribution in [0.1, 0.15) is 277 Å². The molecule has 0 aromatic carbocycles. The molecule has 0 fully saturated rings. The Kier molecular flexibility index (Phi) is 44.5. The lowest BCUT2D eigenvalue weighted by atomic mass is 10.0. The van der Waals surface area contributed by atoms with Crippen molar-refractivity contribution in [1.82, 2.24) is 0 Å². The number of esters is 1. The van der Waals surface area contributed by atoms with E-state index in [-0.39, 0.29) is 5.97 Å². The van der Waals surface area contributed by atoms with E-state index in [0.717, 1.165) is 12.8 Å². The van der Waals surface area contributed by atoms with Gasteiger partial charge in [-0.2, -0.15) is 0 Å². The van der Waals surface area contributed by atoms with E-state index in [2.05, 4.69) is 26.0 Å². The van der Waals surface area contributed by atoms with Crippen LogP contribution in [0.4, 0.5) is 0 Å². The van der Waals surface area contributed by atoms with Gasteiger partial charge in [0.1, 0.15) is 0 Å². The summed E-state index contributed by atoms with van der Waals surface area (Å²) in [6, 6.07) is 0. The lowest BCUT2D eigenvalue weighted by molar-refractivity contribution is -0.143. The number of ether oxygens (including phenoxy) is 1. The Morgan fingerprint density at radius 2 is 0.571 bits per heavy atom. The molecule has 0 aliphatic rings. The normalized spacial score (nSPS) is 11.6. The molecule has 0 amide bonds. The molecule has 0 atom stereocenters. The maximum Gasteiger partial charge on any atom is 0.305 e. The zero-order valence-corrected chi connectivity index (χ0v) is 34.2. The minimum absolute atomic E-state index is 0.0243. The number of rotatable bonds is 43. The molecule has 2 heteroatoms. The minimum Gasteiger partial charge on any atom is -0.466 e. The van der Waals surface area contributed by atoms with Crippen LogP contribution in [0.3, 0.4) is 0 Å². The van der Waals surface area contributed by atoms with Gasteiger partial charge in [-0.3, -0.25) is 4.79 Å². The second-order valence-electron chi connectivity index (χ2n) is 15.7. The summed E-state index contributed by atoms with van der Waals surface area (Å²) in [4.78, 5) is 12.0. The summed E-state index contributed by atoms with van der Waals surface area (Å²) < 4.78 is 5.47. The molecule has 0 heterocycles. The van der Waals surface area contributed by atoms with E-state index in [4.69, 9.17) is 4.74 Å². The first kappa shape index (κ1) is 48.2. The average Bonchev–Trinajstić information content (AvgIpc) is 3.11. The van der Waals surface area contributed by atoms with Crippen LogP contribution >= 0.6 is 0 Å². The van der Waals surface area contributed by atoms with E-state index in [0.29, 0.717) is 13.0 Å². The second-order valence-corrected chi connectivity index (χ2v) is 15.7. The molecule has 49 heavy (non-hydrogen) atoms. The van der Waals surface area contributed by atoms with Crippen LogP contribution in [0.15, 0.2) is 12.2 Å². The van der Waals surface area contributed by atoms with Gasteiger partial charge in [-0.1, -0.05) is 244 Å². The fourth-order valence-electron chi connectivity index (χ4n) is 7.19. The summed E-state index contributed by atoms with van der Waals surface area (Å²) in [6.45, 7) is 5.21. The first-order chi connectivity index (χ1) is 24.3. The summed E-state index contributed by atoms with van der Waals surface area (Å²) in [5.41, 5.74) is 0. The summed E-state index contributed by atoms with van der Waals surface area (Å²) in [6.07, 6.45) is 60.5. The Morgan fingerprint density at radius 3 is 0.898 bits per heavy atom. The predicted octanol–water partition coefficient (Wildman–Crippen LogP) is 17.1. The lowest BCUT2D eigenvalue weighted by Gasteiger charge is -2.06. The molecular weight excluding hydrogens is 597 g/mol. The molecule has 0 bridgehead atoms. The van der Waals surface area contributed by atoms with Crippen LogP contribution in [-0.4, -0.2) is 12.6 Å². The summed E-state index contributed by atoms with van der Waals surface area (Å²) in [5.74, 6) is 0.0243. The first-order valence-corrected chi connectivity index (χ1v) is 23.1. The van der Waals surface area contributed by atoms with Gasteiger partial charge in [0.05, 0.1) is 6.61 Å². The number of hydrogen-bond donors (Lipinski definition) is 0. The Bertz CT molecular complexity index is 626. The third kappa shape index (κ3) is 45.2. The van der Waals surface area contributed by atoms with E-state index in [9.17, 15) is 4.79 Å². The van der Waals surface area contributed by atoms with Gasteiger partial charge < -0.3 is 4.74 Å². The molecule has 0 saturated carbocycles. The smallest absolute Gasteiger partial charge is 0.305 e. The monoisotopic (exact) mass is 689 g/mol. The third-order valence-electron chi connectivity index (χ3n) is 10.7. The SMILES string of the molecule is CCCCCCC=CCCCCCCCCCC(=O)OCCCCCCCCCCCCCCCCCCCCCCCCCCCCC. The Morgan fingerprint density at radius 1 is 0.327 bits per heavy atom.